The van der Waals surface area contributed by atoms with Crippen LogP contribution in [0.1, 0.15) is 25.8 Å². The minimum absolute atomic E-state index is 0.209. The fourth-order valence-corrected chi connectivity index (χ4v) is 2.43. The summed E-state index contributed by atoms with van der Waals surface area (Å²) in [5.41, 5.74) is 0.981. The van der Waals surface area contributed by atoms with Crippen LogP contribution >= 0.6 is 0 Å². The topological polar surface area (TPSA) is 29.5 Å². The highest BCUT2D eigenvalue weighted by molar-refractivity contribution is 5.25. The van der Waals surface area contributed by atoms with Crippen molar-refractivity contribution in [3.8, 4) is 0 Å². The molecule has 0 amide bonds. The summed E-state index contributed by atoms with van der Waals surface area (Å²) in [7, 11) is 0. The lowest BCUT2D eigenvalue weighted by Crippen LogP contribution is -2.39. The maximum absolute atomic E-state index is 10.5. The molecular formula is C14H20O2. The first-order valence-corrected chi connectivity index (χ1v) is 5.93. The van der Waals surface area contributed by atoms with Gasteiger partial charge in [0.1, 0.15) is 0 Å². The smallest absolute Gasteiger partial charge is 0.0682 e. The first-order chi connectivity index (χ1) is 7.62. The highest BCUT2D eigenvalue weighted by atomic mass is 16.5. The third-order valence-corrected chi connectivity index (χ3v) is 3.67. The standard InChI is InChI=1S/C14H20O2/c1-14(2,12-6-4-3-5-7-12)13(15)11-8-9-16-10-11/h3-7,11,13,15H,8-10H2,1-2H3. The summed E-state index contributed by atoms with van der Waals surface area (Å²) >= 11 is 0. The molecule has 0 radical (unpaired) electrons. The molecule has 1 N–H and O–H groups in total. The molecule has 0 aliphatic carbocycles. The van der Waals surface area contributed by atoms with E-state index in [1.165, 1.54) is 5.56 Å². The van der Waals surface area contributed by atoms with E-state index in [4.69, 9.17) is 4.74 Å². The number of benzene rings is 1. The van der Waals surface area contributed by atoms with Gasteiger partial charge in [-0.1, -0.05) is 44.2 Å². The van der Waals surface area contributed by atoms with E-state index in [1.54, 1.807) is 0 Å². The molecule has 88 valence electrons. The maximum atomic E-state index is 10.5. The summed E-state index contributed by atoms with van der Waals surface area (Å²) in [6.07, 6.45) is 0.634. The average Bonchev–Trinajstić information content (AvgIpc) is 2.82. The van der Waals surface area contributed by atoms with Gasteiger partial charge in [-0.3, -0.25) is 0 Å². The molecular weight excluding hydrogens is 200 g/mol. The van der Waals surface area contributed by atoms with E-state index in [1.807, 2.05) is 18.2 Å². The van der Waals surface area contributed by atoms with Crippen molar-refractivity contribution >= 4 is 0 Å². The molecule has 1 aliphatic heterocycles. The Labute approximate surface area is 97.3 Å². The van der Waals surface area contributed by atoms with Crippen LogP contribution in [0.25, 0.3) is 0 Å². The van der Waals surface area contributed by atoms with E-state index in [9.17, 15) is 5.11 Å². The monoisotopic (exact) mass is 220 g/mol. The van der Waals surface area contributed by atoms with Gasteiger partial charge in [0.15, 0.2) is 0 Å². The second kappa shape index (κ2) is 4.56. The summed E-state index contributed by atoms with van der Waals surface area (Å²) in [4.78, 5) is 0. The molecule has 1 fully saturated rings. The molecule has 16 heavy (non-hydrogen) atoms. The van der Waals surface area contributed by atoms with Gasteiger partial charge in [-0.15, -0.1) is 0 Å². The van der Waals surface area contributed by atoms with Crippen molar-refractivity contribution < 1.29 is 9.84 Å². The van der Waals surface area contributed by atoms with E-state index in [-0.39, 0.29) is 17.4 Å². The van der Waals surface area contributed by atoms with Crippen molar-refractivity contribution in [2.45, 2.75) is 31.8 Å². The van der Waals surface area contributed by atoms with Gasteiger partial charge < -0.3 is 9.84 Å². The van der Waals surface area contributed by atoms with Crippen molar-refractivity contribution in [1.82, 2.24) is 0 Å². The molecule has 2 heteroatoms. The average molecular weight is 220 g/mol. The molecule has 0 bridgehead atoms. The molecule has 1 heterocycles. The van der Waals surface area contributed by atoms with E-state index < -0.39 is 0 Å². The SMILES string of the molecule is CC(C)(c1ccccc1)C(O)C1CCOC1. The molecule has 1 aliphatic rings. The second-order valence-electron chi connectivity index (χ2n) is 5.16. The van der Waals surface area contributed by atoms with Crippen LogP contribution in [0.5, 0.6) is 0 Å². The Hall–Kier alpha value is -0.860. The number of hydrogen-bond acceptors (Lipinski definition) is 2. The van der Waals surface area contributed by atoms with Crippen LogP contribution in [0.15, 0.2) is 30.3 Å². The Morgan fingerprint density at radius 1 is 1.31 bits per heavy atom. The summed E-state index contributed by atoms with van der Waals surface area (Å²) in [5, 5.41) is 10.5. The van der Waals surface area contributed by atoms with E-state index in [2.05, 4.69) is 26.0 Å². The van der Waals surface area contributed by atoms with Crippen molar-refractivity contribution in [1.29, 1.82) is 0 Å². The van der Waals surface area contributed by atoms with E-state index in [0.29, 0.717) is 6.61 Å². The van der Waals surface area contributed by atoms with Crippen molar-refractivity contribution in [3.05, 3.63) is 35.9 Å². The van der Waals surface area contributed by atoms with Gasteiger partial charge in [-0.2, -0.15) is 0 Å². The van der Waals surface area contributed by atoms with Gasteiger partial charge in [-0.05, 0) is 12.0 Å². The fourth-order valence-electron chi connectivity index (χ4n) is 2.43. The van der Waals surface area contributed by atoms with Crippen LogP contribution in [0.3, 0.4) is 0 Å². The molecule has 1 aromatic carbocycles. The zero-order chi connectivity index (χ0) is 11.6. The van der Waals surface area contributed by atoms with Crippen LogP contribution in [0, 0.1) is 5.92 Å². The van der Waals surface area contributed by atoms with Gasteiger partial charge in [0, 0.05) is 17.9 Å². The van der Waals surface area contributed by atoms with E-state index in [0.717, 1.165) is 13.0 Å². The fraction of sp³-hybridized carbons (Fsp3) is 0.571. The molecule has 0 spiro atoms. The first-order valence-electron chi connectivity index (χ1n) is 5.93. The van der Waals surface area contributed by atoms with Crippen molar-refractivity contribution in [3.63, 3.8) is 0 Å². The number of ether oxygens (including phenoxy) is 1. The third kappa shape index (κ3) is 2.13. The zero-order valence-corrected chi connectivity index (χ0v) is 10.0. The molecule has 2 rings (SSSR count). The quantitative estimate of drug-likeness (QED) is 0.847. The van der Waals surface area contributed by atoms with Crippen molar-refractivity contribution in [2.75, 3.05) is 13.2 Å². The summed E-state index contributed by atoms with van der Waals surface area (Å²) in [5.74, 6) is 0.273. The maximum Gasteiger partial charge on any atom is 0.0682 e. The summed E-state index contributed by atoms with van der Waals surface area (Å²) in [6.45, 7) is 5.68. The van der Waals surface area contributed by atoms with Gasteiger partial charge in [0.2, 0.25) is 0 Å². The Bertz CT molecular complexity index is 326. The first kappa shape index (κ1) is 11.6. The van der Waals surface area contributed by atoms with Crippen LogP contribution < -0.4 is 0 Å². The minimum Gasteiger partial charge on any atom is -0.392 e. The predicted octanol–water partition coefficient (Wildman–Crippen LogP) is 2.36. The molecule has 2 unspecified atom stereocenters. The lowest BCUT2D eigenvalue weighted by atomic mass is 9.74. The number of aliphatic hydroxyl groups is 1. The van der Waals surface area contributed by atoms with Crippen LogP contribution in [-0.4, -0.2) is 24.4 Å². The molecule has 2 atom stereocenters. The number of hydrogen-bond donors (Lipinski definition) is 1. The van der Waals surface area contributed by atoms with E-state index >= 15 is 0 Å². The van der Waals surface area contributed by atoms with Crippen LogP contribution in [0.2, 0.25) is 0 Å². The zero-order valence-electron chi connectivity index (χ0n) is 10.0. The Morgan fingerprint density at radius 2 is 2.00 bits per heavy atom. The largest absolute Gasteiger partial charge is 0.392 e. The number of aliphatic hydroxyl groups excluding tert-OH is 1. The lowest BCUT2D eigenvalue weighted by Gasteiger charge is -2.34. The highest BCUT2D eigenvalue weighted by Crippen LogP contribution is 2.33. The van der Waals surface area contributed by atoms with Gasteiger partial charge in [0.25, 0.3) is 0 Å². The summed E-state index contributed by atoms with van der Waals surface area (Å²) < 4.78 is 5.35. The molecule has 1 saturated heterocycles. The van der Waals surface area contributed by atoms with Crippen LogP contribution in [0.4, 0.5) is 0 Å². The van der Waals surface area contributed by atoms with Gasteiger partial charge in [-0.25, -0.2) is 0 Å². The molecule has 1 aromatic rings. The second-order valence-corrected chi connectivity index (χ2v) is 5.16. The minimum atomic E-state index is -0.336. The van der Waals surface area contributed by atoms with Gasteiger partial charge >= 0.3 is 0 Å². The van der Waals surface area contributed by atoms with Crippen LogP contribution in [-0.2, 0) is 10.2 Å². The third-order valence-electron chi connectivity index (χ3n) is 3.67. The molecule has 2 nitrogen and oxygen atoms in total. The Balaban J connectivity index is 2.17. The van der Waals surface area contributed by atoms with Gasteiger partial charge in [0.05, 0.1) is 12.7 Å². The molecule has 0 saturated carbocycles. The van der Waals surface area contributed by atoms with Crippen molar-refractivity contribution in [2.24, 2.45) is 5.92 Å². The predicted molar refractivity (Wildman–Crippen MR) is 64.4 cm³/mol. The summed E-state index contributed by atoms with van der Waals surface area (Å²) in [6, 6.07) is 10.2. The normalized spacial score (nSPS) is 23.3. The Kier molecular flexibility index (Phi) is 3.31. The highest BCUT2D eigenvalue weighted by Gasteiger charge is 2.37. The number of rotatable bonds is 3. The molecule has 0 aromatic heterocycles. The Morgan fingerprint density at radius 3 is 2.56 bits per heavy atom. The lowest BCUT2D eigenvalue weighted by molar-refractivity contribution is 0.0367.